The molecule has 0 aliphatic heterocycles. The summed E-state index contributed by atoms with van der Waals surface area (Å²) < 4.78 is 4.59. The Labute approximate surface area is 223 Å². The zero-order valence-electron chi connectivity index (χ0n) is 21.7. The van der Waals surface area contributed by atoms with E-state index in [2.05, 4.69) is 20.6 Å². The Morgan fingerprint density at radius 2 is 1.56 bits per heavy atom. The van der Waals surface area contributed by atoms with Crippen LogP contribution in [0.15, 0.2) is 88.5 Å². The summed E-state index contributed by atoms with van der Waals surface area (Å²) in [6.45, 7) is 4.50. The Bertz CT molecular complexity index is 1900. The molecule has 0 saturated heterocycles. The number of benzene rings is 3. The fourth-order valence-corrected chi connectivity index (χ4v) is 4.90. The van der Waals surface area contributed by atoms with E-state index in [-0.39, 0.29) is 11.5 Å². The van der Waals surface area contributed by atoms with Crippen molar-refractivity contribution in [3.8, 4) is 28.2 Å². The Hall–Kier alpha value is -5.12. The van der Waals surface area contributed by atoms with Crippen molar-refractivity contribution in [2.75, 3.05) is 0 Å². The summed E-state index contributed by atoms with van der Waals surface area (Å²) >= 11 is 0. The van der Waals surface area contributed by atoms with Gasteiger partial charge >= 0.3 is 5.69 Å². The van der Waals surface area contributed by atoms with E-state index in [0.29, 0.717) is 29.2 Å². The van der Waals surface area contributed by atoms with Crippen LogP contribution in [0.3, 0.4) is 0 Å². The van der Waals surface area contributed by atoms with Crippen LogP contribution in [-0.4, -0.2) is 39.3 Å². The number of nitrogens with one attached hydrogen (secondary N) is 1. The monoisotopic (exact) mass is 518 g/mol. The minimum absolute atomic E-state index is 0.0301. The van der Waals surface area contributed by atoms with E-state index in [9.17, 15) is 9.59 Å². The molecule has 0 radical (unpaired) electrons. The first-order chi connectivity index (χ1) is 18.9. The number of rotatable bonds is 6. The lowest BCUT2D eigenvalue weighted by Crippen LogP contribution is -2.38. The second-order valence-electron chi connectivity index (χ2n) is 9.68. The standard InChI is InChI=1S/C29H26N8O2/c1-18(2)26-30-27-24(28(38)35(3)29(39)37(27)21-9-5-4-6-10-21)36(26)17-19-13-15-20(16-14-19)22-11-7-8-12-23(22)25-31-33-34-32-25/h4-16,18H,17H2,1-3H3,(H,31,32,33,34). The molecule has 0 fully saturated rings. The average Bonchev–Trinajstić information content (AvgIpc) is 3.62. The molecule has 0 saturated carbocycles. The first-order valence-corrected chi connectivity index (χ1v) is 12.6. The molecule has 0 unspecified atom stereocenters. The third-order valence-electron chi connectivity index (χ3n) is 6.83. The Morgan fingerprint density at radius 1 is 0.872 bits per heavy atom. The quantitative estimate of drug-likeness (QED) is 0.357. The molecule has 3 aromatic heterocycles. The van der Waals surface area contributed by atoms with Crippen LogP contribution < -0.4 is 11.2 Å². The third-order valence-corrected chi connectivity index (χ3v) is 6.83. The first-order valence-electron chi connectivity index (χ1n) is 12.6. The van der Waals surface area contributed by atoms with Gasteiger partial charge in [0.1, 0.15) is 5.82 Å². The topological polar surface area (TPSA) is 116 Å². The highest BCUT2D eigenvalue weighted by molar-refractivity contribution is 5.80. The molecule has 0 bridgehead atoms. The lowest BCUT2D eigenvalue weighted by molar-refractivity contribution is 0.678. The van der Waals surface area contributed by atoms with Gasteiger partial charge in [0.15, 0.2) is 11.2 Å². The maximum atomic E-state index is 13.4. The summed E-state index contributed by atoms with van der Waals surface area (Å²) in [4.78, 5) is 31.5. The highest BCUT2D eigenvalue weighted by Crippen LogP contribution is 2.30. The van der Waals surface area contributed by atoms with Gasteiger partial charge in [0, 0.05) is 25.1 Å². The summed E-state index contributed by atoms with van der Waals surface area (Å²) in [5.41, 5.74) is 4.50. The third kappa shape index (κ3) is 4.15. The van der Waals surface area contributed by atoms with E-state index in [4.69, 9.17) is 4.98 Å². The van der Waals surface area contributed by atoms with E-state index in [1.165, 1.54) is 11.6 Å². The number of fused-ring (bicyclic) bond motifs is 1. The van der Waals surface area contributed by atoms with Crippen molar-refractivity contribution in [2.45, 2.75) is 26.3 Å². The predicted octanol–water partition coefficient (Wildman–Crippen LogP) is 3.90. The van der Waals surface area contributed by atoms with Crippen molar-refractivity contribution in [1.82, 2.24) is 39.3 Å². The molecular weight excluding hydrogens is 492 g/mol. The van der Waals surface area contributed by atoms with Crippen LogP contribution in [0, 0.1) is 0 Å². The van der Waals surface area contributed by atoms with Gasteiger partial charge in [-0.25, -0.2) is 14.3 Å². The van der Waals surface area contributed by atoms with Gasteiger partial charge in [-0.2, -0.15) is 5.21 Å². The van der Waals surface area contributed by atoms with Crippen LogP contribution in [0.25, 0.3) is 39.4 Å². The molecule has 0 aliphatic carbocycles. The summed E-state index contributed by atoms with van der Waals surface area (Å²) in [6.07, 6.45) is 0. The molecule has 3 aromatic carbocycles. The largest absolute Gasteiger partial charge is 0.337 e. The van der Waals surface area contributed by atoms with Gasteiger partial charge in [-0.05, 0) is 34.0 Å². The molecule has 6 aromatic rings. The van der Waals surface area contributed by atoms with Crippen molar-refractivity contribution in [1.29, 1.82) is 0 Å². The predicted molar refractivity (Wildman–Crippen MR) is 149 cm³/mol. The van der Waals surface area contributed by atoms with Crippen molar-refractivity contribution in [3.63, 3.8) is 0 Å². The maximum absolute atomic E-state index is 13.4. The zero-order valence-corrected chi connectivity index (χ0v) is 21.7. The number of H-pyrrole nitrogens is 1. The maximum Gasteiger partial charge on any atom is 0.337 e. The average molecular weight is 519 g/mol. The molecule has 0 aliphatic rings. The highest BCUT2D eigenvalue weighted by Gasteiger charge is 2.23. The summed E-state index contributed by atoms with van der Waals surface area (Å²) in [6, 6.07) is 25.3. The number of nitrogens with zero attached hydrogens (tertiary/aromatic N) is 7. The van der Waals surface area contributed by atoms with E-state index >= 15 is 0 Å². The molecule has 3 heterocycles. The molecule has 1 N–H and O–H groups in total. The molecule has 10 heteroatoms. The van der Waals surface area contributed by atoms with Crippen LogP contribution in [-0.2, 0) is 13.6 Å². The molecule has 39 heavy (non-hydrogen) atoms. The molecular formula is C29H26N8O2. The Kier molecular flexibility index (Phi) is 5.99. The molecule has 0 spiro atoms. The van der Waals surface area contributed by atoms with E-state index < -0.39 is 5.69 Å². The number of aromatic nitrogens is 8. The number of hydrogen-bond acceptors (Lipinski definition) is 6. The van der Waals surface area contributed by atoms with Gasteiger partial charge in [0.2, 0.25) is 5.82 Å². The minimum Gasteiger partial charge on any atom is -0.317 e. The molecule has 0 atom stereocenters. The zero-order chi connectivity index (χ0) is 27.1. The van der Waals surface area contributed by atoms with Gasteiger partial charge in [0.05, 0.1) is 5.69 Å². The van der Waals surface area contributed by atoms with Gasteiger partial charge in [-0.15, -0.1) is 10.2 Å². The van der Waals surface area contributed by atoms with E-state index in [1.54, 1.807) is 0 Å². The number of tetrazole rings is 1. The van der Waals surface area contributed by atoms with Crippen LogP contribution in [0.2, 0.25) is 0 Å². The van der Waals surface area contributed by atoms with E-state index in [0.717, 1.165) is 32.6 Å². The smallest absolute Gasteiger partial charge is 0.317 e. The highest BCUT2D eigenvalue weighted by atomic mass is 16.2. The second-order valence-corrected chi connectivity index (χ2v) is 9.68. The Balaban J connectivity index is 1.46. The van der Waals surface area contributed by atoms with Crippen LogP contribution in [0.4, 0.5) is 0 Å². The fraction of sp³-hybridized carbons (Fsp3) is 0.172. The normalized spacial score (nSPS) is 11.5. The van der Waals surface area contributed by atoms with Gasteiger partial charge < -0.3 is 4.57 Å². The van der Waals surface area contributed by atoms with Gasteiger partial charge in [-0.1, -0.05) is 80.6 Å². The van der Waals surface area contributed by atoms with Gasteiger partial charge in [0.25, 0.3) is 5.56 Å². The summed E-state index contributed by atoms with van der Waals surface area (Å²) in [7, 11) is 1.51. The van der Waals surface area contributed by atoms with Crippen molar-refractivity contribution < 1.29 is 0 Å². The van der Waals surface area contributed by atoms with Crippen LogP contribution in [0.1, 0.15) is 31.2 Å². The summed E-state index contributed by atoms with van der Waals surface area (Å²) in [5, 5.41) is 14.5. The van der Waals surface area contributed by atoms with Crippen LogP contribution in [0.5, 0.6) is 0 Å². The number of aromatic amines is 1. The van der Waals surface area contributed by atoms with Crippen molar-refractivity contribution in [3.05, 3.63) is 111 Å². The molecule has 10 nitrogen and oxygen atoms in total. The lowest BCUT2D eigenvalue weighted by atomic mass is 9.98. The van der Waals surface area contributed by atoms with Crippen molar-refractivity contribution in [2.24, 2.45) is 7.05 Å². The SMILES string of the molecule is CC(C)c1nc2c(c(=O)n(C)c(=O)n2-c2ccccc2)n1Cc1ccc(-c2ccccc2-c2nn[nH]n2)cc1. The molecule has 6 rings (SSSR count). The lowest BCUT2D eigenvalue weighted by Gasteiger charge is -2.13. The summed E-state index contributed by atoms with van der Waals surface area (Å²) in [5.74, 6) is 1.30. The number of para-hydroxylation sites is 1. The minimum atomic E-state index is -0.428. The molecule has 0 amide bonds. The molecule has 194 valence electrons. The van der Waals surface area contributed by atoms with Crippen molar-refractivity contribution >= 4 is 11.2 Å². The van der Waals surface area contributed by atoms with Crippen LogP contribution >= 0.6 is 0 Å². The fourth-order valence-electron chi connectivity index (χ4n) is 4.90. The number of imidazole rings is 1. The Morgan fingerprint density at radius 3 is 2.23 bits per heavy atom. The van der Waals surface area contributed by atoms with E-state index in [1.807, 2.05) is 97.3 Å². The number of hydrogen-bond donors (Lipinski definition) is 1. The first kappa shape index (κ1) is 24.2. The van der Waals surface area contributed by atoms with Gasteiger partial charge in [-0.3, -0.25) is 9.36 Å². The second kappa shape index (κ2) is 9.64.